The first-order valence-electron chi connectivity index (χ1n) is 6.47. The second-order valence-electron chi connectivity index (χ2n) is 5.47. The summed E-state index contributed by atoms with van der Waals surface area (Å²) in [6, 6.07) is 3.66. The van der Waals surface area contributed by atoms with E-state index in [1.165, 1.54) is 0 Å². The van der Waals surface area contributed by atoms with E-state index >= 15 is 0 Å². The Bertz CT molecular complexity index is 679. The molecule has 0 radical (unpaired) electrons. The molecular formula is C14H13ClN2O3. The van der Waals surface area contributed by atoms with Crippen molar-refractivity contribution in [2.45, 2.75) is 12.8 Å². The largest absolute Gasteiger partial charge is 0.489 e. The first kappa shape index (κ1) is 11.9. The maximum Gasteiger partial charge on any atom is 0.229 e. The van der Waals surface area contributed by atoms with Crippen molar-refractivity contribution in [3.63, 3.8) is 0 Å². The van der Waals surface area contributed by atoms with Gasteiger partial charge in [-0.3, -0.25) is 0 Å². The number of anilines is 1. The first-order valence-corrected chi connectivity index (χ1v) is 6.84. The summed E-state index contributed by atoms with van der Waals surface area (Å²) in [7, 11) is 0. The van der Waals surface area contributed by atoms with Crippen molar-refractivity contribution in [1.82, 2.24) is 5.16 Å². The standard InChI is InChI=1S/C14H13ClN2O3/c15-10-3-8(9-5-17-20-13(9)16)4-11-12(10)19-7-14(1-2-14)6-18-11/h3-5H,1-2,6-7,16H2. The molecule has 0 bridgehead atoms. The van der Waals surface area contributed by atoms with Gasteiger partial charge in [0.05, 0.1) is 30.0 Å². The second kappa shape index (κ2) is 4.06. The van der Waals surface area contributed by atoms with Crippen LogP contribution in [-0.4, -0.2) is 18.4 Å². The van der Waals surface area contributed by atoms with E-state index in [4.69, 9.17) is 31.3 Å². The fourth-order valence-corrected chi connectivity index (χ4v) is 2.66. The van der Waals surface area contributed by atoms with Gasteiger partial charge >= 0.3 is 0 Å². The van der Waals surface area contributed by atoms with Crippen molar-refractivity contribution in [3.8, 4) is 22.6 Å². The lowest BCUT2D eigenvalue weighted by molar-refractivity contribution is 0.197. The minimum atomic E-state index is 0.179. The van der Waals surface area contributed by atoms with E-state index in [1.807, 2.05) is 6.07 Å². The fourth-order valence-electron chi connectivity index (χ4n) is 2.40. The SMILES string of the molecule is Nc1oncc1-c1cc(Cl)c2c(c1)OCC1(CC1)CO2. The molecule has 6 heteroatoms. The second-order valence-corrected chi connectivity index (χ2v) is 5.87. The number of benzene rings is 1. The van der Waals surface area contributed by atoms with Gasteiger partial charge in [-0.15, -0.1) is 0 Å². The number of hydrogen-bond acceptors (Lipinski definition) is 5. The maximum absolute atomic E-state index is 6.31. The number of halogens is 1. The highest BCUT2D eigenvalue weighted by molar-refractivity contribution is 6.32. The summed E-state index contributed by atoms with van der Waals surface area (Å²) in [5, 5.41) is 4.19. The average Bonchev–Trinajstić information content (AvgIpc) is 3.12. The van der Waals surface area contributed by atoms with Gasteiger partial charge in [0.1, 0.15) is 0 Å². The molecule has 104 valence electrons. The molecule has 2 aliphatic rings. The molecule has 0 unspecified atom stereocenters. The number of nitrogen functional groups attached to an aromatic ring is 1. The lowest BCUT2D eigenvalue weighted by Gasteiger charge is -2.10. The third-order valence-corrected chi connectivity index (χ3v) is 4.21. The molecule has 20 heavy (non-hydrogen) atoms. The molecule has 0 atom stereocenters. The van der Waals surface area contributed by atoms with Crippen LogP contribution in [0.5, 0.6) is 11.5 Å². The third kappa shape index (κ3) is 1.81. The molecule has 2 aromatic rings. The van der Waals surface area contributed by atoms with E-state index in [1.54, 1.807) is 12.3 Å². The lowest BCUT2D eigenvalue weighted by Crippen LogP contribution is -2.17. The maximum atomic E-state index is 6.31. The van der Waals surface area contributed by atoms with E-state index in [0.717, 1.165) is 18.4 Å². The van der Waals surface area contributed by atoms with Crippen molar-refractivity contribution in [1.29, 1.82) is 0 Å². The molecule has 1 aliphatic heterocycles. The fraction of sp³-hybridized carbons (Fsp3) is 0.357. The smallest absolute Gasteiger partial charge is 0.229 e. The molecule has 5 nitrogen and oxygen atoms in total. The summed E-state index contributed by atoms with van der Waals surface area (Å²) in [4.78, 5) is 0. The summed E-state index contributed by atoms with van der Waals surface area (Å²) < 4.78 is 16.6. The predicted molar refractivity (Wildman–Crippen MR) is 74.0 cm³/mol. The highest BCUT2D eigenvalue weighted by Gasteiger charge is 2.46. The van der Waals surface area contributed by atoms with Crippen LogP contribution in [0.3, 0.4) is 0 Å². The zero-order chi connectivity index (χ0) is 13.7. The van der Waals surface area contributed by atoms with Crippen LogP contribution in [0.15, 0.2) is 22.9 Å². The average molecular weight is 293 g/mol. The van der Waals surface area contributed by atoms with Gasteiger partial charge in [0.15, 0.2) is 11.5 Å². The summed E-state index contributed by atoms with van der Waals surface area (Å²) in [6.45, 7) is 1.33. The number of rotatable bonds is 1. The van der Waals surface area contributed by atoms with Crippen molar-refractivity contribution in [2.24, 2.45) is 5.41 Å². The van der Waals surface area contributed by atoms with Gasteiger partial charge in [-0.25, -0.2) is 0 Å². The van der Waals surface area contributed by atoms with E-state index in [0.29, 0.717) is 35.3 Å². The van der Waals surface area contributed by atoms with E-state index in [2.05, 4.69) is 5.16 Å². The molecule has 2 N–H and O–H groups in total. The van der Waals surface area contributed by atoms with Crippen LogP contribution in [0.25, 0.3) is 11.1 Å². The monoisotopic (exact) mass is 292 g/mol. The topological polar surface area (TPSA) is 70.5 Å². The molecule has 0 amide bonds. The first-order chi connectivity index (χ1) is 9.67. The van der Waals surface area contributed by atoms with E-state index in [9.17, 15) is 0 Å². The predicted octanol–water partition coefficient (Wildman–Crippen LogP) is 3.13. The molecule has 1 fully saturated rings. The van der Waals surface area contributed by atoms with Gasteiger partial charge in [-0.2, -0.15) is 0 Å². The highest BCUT2D eigenvalue weighted by atomic mass is 35.5. The summed E-state index contributed by atoms with van der Waals surface area (Å²) in [5.41, 5.74) is 7.42. The minimum absolute atomic E-state index is 0.179. The molecular weight excluding hydrogens is 280 g/mol. The Hall–Kier alpha value is -1.88. The Morgan fingerprint density at radius 3 is 2.70 bits per heavy atom. The Balaban J connectivity index is 1.77. The Morgan fingerprint density at radius 1 is 1.20 bits per heavy atom. The molecule has 1 aliphatic carbocycles. The highest BCUT2D eigenvalue weighted by Crippen LogP contribution is 2.51. The Labute approximate surface area is 120 Å². The normalized spacial score (nSPS) is 18.9. The third-order valence-electron chi connectivity index (χ3n) is 3.93. The summed E-state index contributed by atoms with van der Waals surface area (Å²) in [6.07, 6.45) is 3.85. The van der Waals surface area contributed by atoms with Crippen molar-refractivity contribution < 1.29 is 14.0 Å². The van der Waals surface area contributed by atoms with Crippen LogP contribution in [-0.2, 0) is 0 Å². The molecule has 2 heterocycles. The molecule has 1 aromatic carbocycles. The van der Waals surface area contributed by atoms with Gasteiger partial charge in [0.2, 0.25) is 5.88 Å². The quantitative estimate of drug-likeness (QED) is 0.874. The van der Waals surface area contributed by atoms with Crippen molar-refractivity contribution in [3.05, 3.63) is 23.4 Å². The van der Waals surface area contributed by atoms with Crippen LogP contribution in [0.4, 0.5) is 5.88 Å². The van der Waals surface area contributed by atoms with Crippen LogP contribution >= 0.6 is 11.6 Å². The number of ether oxygens (including phenoxy) is 2. The van der Waals surface area contributed by atoms with Gasteiger partial charge < -0.3 is 19.7 Å². The Morgan fingerprint density at radius 2 is 2.00 bits per heavy atom. The van der Waals surface area contributed by atoms with Crippen LogP contribution in [0, 0.1) is 5.41 Å². The van der Waals surface area contributed by atoms with Gasteiger partial charge in [0.25, 0.3) is 0 Å². The van der Waals surface area contributed by atoms with Gasteiger partial charge in [0, 0.05) is 5.41 Å². The molecule has 1 saturated carbocycles. The van der Waals surface area contributed by atoms with Crippen molar-refractivity contribution in [2.75, 3.05) is 18.9 Å². The van der Waals surface area contributed by atoms with Crippen LogP contribution in [0.2, 0.25) is 5.02 Å². The molecule has 1 aromatic heterocycles. The van der Waals surface area contributed by atoms with Crippen LogP contribution in [0.1, 0.15) is 12.8 Å². The number of nitrogens with two attached hydrogens (primary N) is 1. The zero-order valence-corrected chi connectivity index (χ0v) is 11.4. The number of fused-ring (bicyclic) bond motifs is 1. The van der Waals surface area contributed by atoms with Crippen LogP contribution < -0.4 is 15.2 Å². The molecule has 0 saturated heterocycles. The summed E-state index contributed by atoms with van der Waals surface area (Å²) in [5.74, 6) is 1.51. The lowest BCUT2D eigenvalue weighted by atomic mass is 10.1. The minimum Gasteiger partial charge on any atom is -0.489 e. The van der Waals surface area contributed by atoms with Gasteiger partial charge in [-0.1, -0.05) is 16.8 Å². The number of aromatic nitrogens is 1. The number of hydrogen-bond donors (Lipinski definition) is 1. The Kier molecular flexibility index (Phi) is 2.41. The summed E-state index contributed by atoms with van der Waals surface area (Å²) >= 11 is 6.31. The number of nitrogens with zero attached hydrogens (tertiary/aromatic N) is 1. The van der Waals surface area contributed by atoms with Crippen molar-refractivity contribution >= 4 is 17.5 Å². The molecule has 1 spiro atoms. The van der Waals surface area contributed by atoms with E-state index < -0.39 is 0 Å². The zero-order valence-electron chi connectivity index (χ0n) is 10.7. The van der Waals surface area contributed by atoms with E-state index in [-0.39, 0.29) is 11.3 Å². The molecule has 4 rings (SSSR count). The van der Waals surface area contributed by atoms with Gasteiger partial charge in [-0.05, 0) is 30.5 Å².